The van der Waals surface area contributed by atoms with Crippen LogP contribution < -0.4 is 5.32 Å². The van der Waals surface area contributed by atoms with E-state index in [9.17, 15) is 5.11 Å². The second kappa shape index (κ2) is 5.32. The summed E-state index contributed by atoms with van der Waals surface area (Å²) in [5.41, 5.74) is 2.86. The Balaban J connectivity index is 2.19. The summed E-state index contributed by atoms with van der Waals surface area (Å²) in [6.45, 7) is 3.96. The van der Waals surface area contributed by atoms with Gasteiger partial charge >= 0.3 is 0 Å². The van der Waals surface area contributed by atoms with Crippen LogP contribution in [-0.4, -0.2) is 5.11 Å². The molecule has 0 radical (unpaired) electrons. The molecule has 0 saturated carbocycles. The standard InChI is InChI=1S/C15H16ClNO/c1-10-6-7-14(15(18)8-10)11(2)17-13-5-3-4-12(16)9-13/h3-9,11,17-18H,1-2H3. The van der Waals surface area contributed by atoms with Gasteiger partial charge in [0.25, 0.3) is 0 Å². The zero-order valence-corrected chi connectivity index (χ0v) is 11.2. The van der Waals surface area contributed by atoms with E-state index >= 15 is 0 Å². The van der Waals surface area contributed by atoms with Crippen molar-refractivity contribution in [2.75, 3.05) is 5.32 Å². The van der Waals surface area contributed by atoms with Gasteiger partial charge in [0.1, 0.15) is 5.75 Å². The number of aryl methyl sites for hydroxylation is 1. The summed E-state index contributed by atoms with van der Waals surface area (Å²) >= 11 is 5.94. The summed E-state index contributed by atoms with van der Waals surface area (Å²) in [4.78, 5) is 0. The molecular weight excluding hydrogens is 246 g/mol. The van der Waals surface area contributed by atoms with Crippen LogP contribution in [0.5, 0.6) is 5.75 Å². The highest BCUT2D eigenvalue weighted by atomic mass is 35.5. The van der Waals surface area contributed by atoms with Gasteiger partial charge in [-0.2, -0.15) is 0 Å². The first-order valence-corrected chi connectivity index (χ1v) is 6.25. The molecule has 0 saturated heterocycles. The van der Waals surface area contributed by atoms with Gasteiger partial charge in [0.05, 0.1) is 6.04 Å². The summed E-state index contributed by atoms with van der Waals surface area (Å²) in [5.74, 6) is 0.317. The van der Waals surface area contributed by atoms with Crippen molar-refractivity contribution >= 4 is 17.3 Å². The minimum absolute atomic E-state index is 0.0177. The van der Waals surface area contributed by atoms with Crippen LogP contribution in [0.4, 0.5) is 5.69 Å². The molecule has 0 heterocycles. The Labute approximate surface area is 112 Å². The van der Waals surface area contributed by atoms with Gasteiger partial charge in [-0.3, -0.25) is 0 Å². The molecule has 94 valence electrons. The average Bonchev–Trinajstić information content (AvgIpc) is 2.28. The van der Waals surface area contributed by atoms with Crippen molar-refractivity contribution < 1.29 is 5.11 Å². The fourth-order valence-electron chi connectivity index (χ4n) is 1.93. The average molecular weight is 262 g/mol. The van der Waals surface area contributed by atoms with Gasteiger partial charge in [-0.15, -0.1) is 0 Å². The molecule has 2 N–H and O–H groups in total. The van der Waals surface area contributed by atoms with Crippen molar-refractivity contribution in [2.24, 2.45) is 0 Å². The quantitative estimate of drug-likeness (QED) is 0.851. The van der Waals surface area contributed by atoms with Crippen LogP contribution in [-0.2, 0) is 0 Å². The molecule has 0 spiro atoms. The molecule has 18 heavy (non-hydrogen) atoms. The largest absolute Gasteiger partial charge is 0.508 e. The van der Waals surface area contributed by atoms with Crippen molar-refractivity contribution in [3.63, 3.8) is 0 Å². The molecule has 0 aromatic heterocycles. The Morgan fingerprint density at radius 1 is 1.17 bits per heavy atom. The molecule has 0 aliphatic heterocycles. The van der Waals surface area contributed by atoms with Crippen LogP contribution in [0.1, 0.15) is 24.1 Å². The van der Waals surface area contributed by atoms with Crippen molar-refractivity contribution in [1.29, 1.82) is 0 Å². The van der Waals surface area contributed by atoms with E-state index in [2.05, 4.69) is 5.32 Å². The third kappa shape index (κ3) is 2.96. The molecule has 0 aliphatic carbocycles. The number of phenolic OH excluding ortho intramolecular Hbond substituents is 1. The minimum Gasteiger partial charge on any atom is -0.508 e. The van der Waals surface area contributed by atoms with Gasteiger partial charge in [0, 0.05) is 16.3 Å². The van der Waals surface area contributed by atoms with E-state index in [0.717, 1.165) is 16.8 Å². The van der Waals surface area contributed by atoms with E-state index in [1.807, 2.05) is 50.2 Å². The number of benzene rings is 2. The Morgan fingerprint density at radius 3 is 2.61 bits per heavy atom. The van der Waals surface area contributed by atoms with Crippen molar-refractivity contribution in [3.05, 3.63) is 58.6 Å². The first kappa shape index (κ1) is 12.8. The topological polar surface area (TPSA) is 32.3 Å². The van der Waals surface area contributed by atoms with E-state index in [-0.39, 0.29) is 6.04 Å². The van der Waals surface area contributed by atoms with Crippen molar-refractivity contribution in [2.45, 2.75) is 19.9 Å². The molecule has 1 atom stereocenters. The van der Waals surface area contributed by atoms with Crippen molar-refractivity contribution in [3.8, 4) is 5.75 Å². The number of phenols is 1. The lowest BCUT2D eigenvalue weighted by Gasteiger charge is -2.17. The van der Waals surface area contributed by atoms with Crippen LogP contribution in [0.15, 0.2) is 42.5 Å². The summed E-state index contributed by atoms with van der Waals surface area (Å²) < 4.78 is 0. The normalized spacial score (nSPS) is 12.2. The number of anilines is 1. The zero-order valence-electron chi connectivity index (χ0n) is 10.4. The van der Waals surface area contributed by atoms with Crippen LogP contribution in [0.2, 0.25) is 5.02 Å². The third-order valence-corrected chi connectivity index (χ3v) is 3.10. The smallest absolute Gasteiger partial charge is 0.121 e. The van der Waals surface area contributed by atoms with Crippen LogP contribution >= 0.6 is 11.6 Å². The van der Waals surface area contributed by atoms with E-state index in [1.54, 1.807) is 6.07 Å². The summed E-state index contributed by atoms with van der Waals surface area (Å²) in [6.07, 6.45) is 0. The first-order chi connectivity index (χ1) is 8.56. The molecule has 0 aliphatic rings. The highest BCUT2D eigenvalue weighted by Gasteiger charge is 2.10. The maximum atomic E-state index is 9.93. The molecule has 3 heteroatoms. The van der Waals surface area contributed by atoms with Crippen LogP contribution in [0, 0.1) is 6.92 Å². The van der Waals surface area contributed by atoms with Gasteiger partial charge < -0.3 is 10.4 Å². The number of aromatic hydroxyl groups is 1. The van der Waals surface area contributed by atoms with Gasteiger partial charge in [-0.05, 0) is 43.7 Å². The fourth-order valence-corrected chi connectivity index (χ4v) is 2.12. The van der Waals surface area contributed by atoms with E-state index < -0.39 is 0 Å². The summed E-state index contributed by atoms with van der Waals surface area (Å²) in [6, 6.07) is 13.3. The molecule has 2 aromatic rings. The lowest BCUT2D eigenvalue weighted by molar-refractivity contribution is 0.465. The Morgan fingerprint density at radius 2 is 1.94 bits per heavy atom. The van der Waals surface area contributed by atoms with Crippen LogP contribution in [0.3, 0.4) is 0 Å². The molecule has 2 rings (SSSR count). The molecule has 1 unspecified atom stereocenters. The molecule has 2 aromatic carbocycles. The third-order valence-electron chi connectivity index (χ3n) is 2.86. The highest BCUT2D eigenvalue weighted by Crippen LogP contribution is 2.28. The van der Waals surface area contributed by atoms with E-state index in [1.165, 1.54) is 0 Å². The van der Waals surface area contributed by atoms with Crippen LogP contribution in [0.25, 0.3) is 0 Å². The Hall–Kier alpha value is -1.67. The number of hydrogen-bond acceptors (Lipinski definition) is 2. The highest BCUT2D eigenvalue weighted by molar-refractivity contribution is 6.30. The second-order valence-electron chi connectivity index (χ2n) is 4.44. The predicted molar refractivity (Wildman–Crippen MR) is 76.3 cm³/mol. The minimum atomic E-state index is 0.0177. The number of rotatable bonds is 3. The van der Waals surface area contributed by atoms with Gasteiger partial charge in [0.2, 0.25) is 0 Å². The molecule has 0 fully saturated rings. The Bertz CT molecular complexity index is 554. The molecule has 0 amide bonds. The van der Waals surface area contributed by atoms with Gasteiger partial charge in [-0.1, -0.05) is 29.8 Å². The summed E-state index contributed by atoms with van der Waals surface area (Å²) in [7, 11) is 0. The first-order valence-electron chi connectivity index (χ1n) is 5.88. The maximum absolute atomic E-state index is 9.93. The summed E-state index contributed by atoms with van der Waals surface area (Å²) in [5, 5.41) is 13.9. The molecule has 2 nitrogen and oxygen atoms in total. The monoisotopic (exact) mass is 261 g/mol. The van der Waals surface area contributed by atoms with Crippen molar-refractivity contribution in [1.82, 2.24) is 0 Å². The SMILES string of the molecule is Cc1ccc(C(C)Nc2cccc(Cl)c2)c(O)c1. The lowest BCUT2D eigenvalue weighted by Crippen LogP contribution is -2.06. The Kier molecular flexibility index (Phi) is 3.78. The molecular formula is C15H16ClNO. The zero-order chi connectivity index (χ0) is 13.1. The number of halogens is 1. The van der Waals surface area contributed by atoms with Gasteiger partial charge in [0.15, 0.2) is 0 Å². The van der Waals surface area contributed by atoms with E-state index in [4.69, 9.17) is 11.6 Å². The number of nitrogens with one attached hydrogen (secondary N) is 1. The van der Waals surface area contributed by atoms with E-state index in [0.29, 0.717) is 10.8 Å². The molecule has 0 bridgehead atoms. The number of hydrogen-bond donors (Lipinski definition) is 2. The lowest BCUT2D eigenvalue weighted by atomic mass is 10.0. The maximum Gasteiger partial charge on any atom is 0.121 e. The fraction of sp³-hybridized carbons (Fsp3) is 0.200. The second-order valence-corrected chi connectivity index (χ2v) is 4.88. The van der Waals surface area contributed by atoms with Gasteiger partial charge in [-0.25, -0.2) is 0 Å². The predicted octanol–water partition coefficient (Wildman–Crippen LogP) is 4.53.